The van der Waals surface area contributed by atoms with E-state index in [1.165, 1.54) is 61.2 Å². The maximum Gasteiger partial charge on any atom is 0.0311 e. The summed E-state index contributed by atoms with van der Waals surface area (Å²) in [6.07, 6.45) is 4.59. The predicted molar refractivity (Wildman–Crippen MR) is 131 cm³/mol. The van der Waals surface area contributed by atoms with Gasteiger partial charge in [-0.15, -0.1) is 0 Å². The van der Waals surface area contributed by atoms with Crippen LogP contribution in [0.3, 0.4) is 0 Å². The van der Waals surface area contributed by atoms with Gasteiger partial charge in [-0.2, -0.15) is 0 Å². The highest BCUT2D eigenvalue weighted by Gasteiger charge is 2.31. The smallest absolute Gasteiger partial charge is 0.0311 e. The molecular formula is C31H26. The number of hydrogen-bond donors (Lipinski definition) is 0. The number of benzene rings is 4. The van der Waals surface area contributed by atoms with Crippen molar-refractivity contribution in [2.75, 3.05) is 0 Å². The van der Waals surface area contributed by atoms with Crippen LogP contribution >= 0.6 is 0 Å². The molecule has 2 aliphatic rings. The first-order valence-electron chi connectivity index (χ1n) is 11.3. The second-order valence-corrected chi connectivity index (χ2v) is 8.89. The highest BCUT2D eigenvalue weighted by Crippen LogP contribution is 2.49. The maximum atomic E-state index is 2.47. The zero-order valence-electron chi connectivity index (χ0n) is 18.2. The lowest BCUT2D eigenvalue weighted by atomic mass is 9.82. The van der Waals surface area contributed by atoms with E-state index < -0.39 is 0 Å². The van der Waals surface area contributed by atoms with Gasteiger partial charge in [-0.1, -0.05) is 109 Å². The largest absolute Gasteiger partial charge is 0.0619 e. The van der Waals surface area contributed by atoms with E-state index in [-0.39, 0.29) is 0 Å². The Kier molecular flexibility index (Phi) is 4.21. The fourth-order valence-corrected chi connectivity index (χ4v) is 5.58. The van der Waals surface area contributed by atoms with Gasteiger partial charge < -0.3 is 0 Å². The molecule has 4 aromatic carbocycles. The average Bonchev–Trinajstić information content (AvgIpc) is 3.38. The molecule has 31 heavy (non-hydrogen) atoms. The van der Waals surface area contributed by atoms with E-state index in [2.05, 4.69) is 105 Å². The molecule has 150 valence electrons. The number of rotatable bonds is 3. The van der Waals surface area contributed by atoms with Crippen LogP contribution in [0.4, 0.5) is 0 Å². The van der Waals surface area contributed by atoms with Crippen LogP contribution in [0, 0.1) is 6.92 Å². The first kappa shape index (κ1) is 18.4. The minimum atomic E-state index is 0.356. The van der Waals surface area contributed by atoms with Gasteiger partial charge >= 0.3 is 0 Å². The first-order chi connectivity index (χ1) is 15.2. The van der Waals surface area contributed by atoms with Gasteiger partial charge in [-0.25, -0.2) is 0 Å². The lowest BCUT2D eigenvalue weighted by Crippen LogP contribution is -2.05. The van der Waals surface area contributed by atoms with Crippen LogP contribution in [-0.2, 0) is 6.42 Å². The number of allylic oxidation sites excluding steroid dienone is 1. The highest BCUT2D eigenvalue weighted by atomic mass is 14.3. The van der Waals surface area contributed by atoms with Gasteiger partial charge in [0.25, 0.3) is 0 Å². The Balaban J connectivity index is 1.52. The molecule has 0 saturated carbocycles. The SMILES string of the molecule is CCC1=Cc2c(-c3ccc(C)cc3)cccc2C1c1cccc2c1Cc1ccccc1-2. The van der Waals surface area contributed by atoms with Crippen LogP contribution in [0.5, 0.6) is 0 Å². The zero-order valence-corrected chi connectivity index (χ0v) is 18.2. The Labute approximate surface area is 184 Å². The van der Waals surface area contributed by atoms with Gasteiger partial charge in [0.15, 0.2) is 0 Å². The maximum absolute atomic E-state index is 2.47. The molecule has 0 aliphatic heterocycles. The van der Waals surface area contributed by atoms with E-state index in [1.54, 1.807) is 0 Å². The Morgan fingerprint density at radius 1 is 0.710 bits per heavy atom. The Morgan fingerprint density at radius 3 is 2.23 bits per heavy atom. The molecule has 0 spiro atoms. The third kappa shape index (κ3) is 2.82. The van der Waals surface area contributed by atoms with Crippen LogP contribution in [0.1, 0.15) is 52.6 Å². The van der Waals surface area contributed by atoms with Gasteiger partial charge in [0, 0.05) is 5.92 Å². The van der Waals surface area contributed by atoms with Gasteiger partial charge in [0.05, 0.1) is 0 Å². The van der Waals surface area contributed by atoms with Crippen LogP contribution < -0.4 is 0 Å². The summed E-state index contributed by atoms with van der Waals surface area (Å²) in [5.74, 6) is 0.356. The molecule has 0 heterocycles. The van der Waals surface area contributed by atoms with Crippen molar-refractivity contribution in [3.05, 3.63) is 124 Å². The first-order valence-corrected chi connectivity index (χ1v) is 11.3. The quantitative estimate of drug-likeness (QED) is 0.287. The molecule has 0 amide bonds. The van der Waals surface area contributed by atoms with Crippen molar-refractivity contribution in [2.24, 2.45) is 0 Å². The fraction of sp³-hybridized carbons (Fsp3) is 0.161. The Morgan fingerprint density at radius 2 is 1.42 bits per heavy atom. The zero-order chi connectivity index (χ0) is 20.9. The van der Waals surface area contributed by atoms with Crippen molar-refractivity contribution in [3.8, 4) is 22.3 Å². The van der Waals surface area contributed by atoms with E-state index in [0.29, 0.717) is 5.92 Å². The molecule has 0 radical (unpaired) electrons. The van der Waals surface area contributed by atoms with E-state index in [0.717, 1.165) is 12.8 Å². The molecule has 2 aliphatic carbocycles. The third-order valence-corrected chi connectivity index (χ3v) is 7.12. The molecule has 0 nitrogen and oxygen atoms in total. The van der Waals surface area contributed by atoms with Gasteiger partial charge in [0.1, 0.15) is 0 Å². The number of hydrogen-bond acceptors (Lipinski definition) is 0. The minimum absolute atomic E-state index is 0.356. The molecule has 0 aromatic heterocycles. The third-order valence-electron chi connectivity index (χ3n) is 7.12. The van der Waals surface area contributed by atoms with Crippen molar-refractivity contribution < 1.29 is 0 Å². The molecular weight excluding hydrogens is 372 g/mol. The van der Waals surface area contributed by atoms with Crippen molar-refractivity contribution in [1.82, 2.24) is 0 Å². The Hall–Kier alpha value is -3.38. The summed E-state index contributed by atoms with van der Waals surface area (Å²) in [6, 6.07) is 31.6. The summed E-state index contributed by atoms with van der Waals surface area (Å²) in [7, 11) is 0. The summed E-state index contributed by atoms with van der Waals surface area (Å²) in [5.41, 5.74) is 15.6. The highest BCUT2D eigenvalue weighted by molar-refractivity contribution is 5.85. The summed E-state index contributed by atoms with van der Waals surface area (Å²) in [6.45, 7) is 4.45. The summed E-state index contributed by atoms with van der Waals surface area (Å²) in [5, 5.41) is 0. The molecule has 0 N–H and O–H groups in total. The second-order valence-electron chi connectivity index (χ2n) is 8.89. The van der Waals surface area contributed by atoms with Gasteiger partial charge in [-0.3, -0.25) is 0 Å². The minimum Gasteiger partial charge on any atom is -0.0619 e. The summed E-state index contributed by atoms with van der Waals surface area (Å²) < 4.78 is 0. The average molecular weight is 399 g/mol. The monoisotopic (exact) mass is 398 g/mol. The summed E-state index contributed by atoms with van der Waals surface area (Å²) in [4.78, 5) is 0. The molecule has 6 rings (SSSR count). The van der Waals surface area contributed by atoms with Crippen molar-refractivity contribution in [3.63, 3.8) is 0 Å². The number of fused-ring (bicyclic) bond motifs is 4. The standard InChI is InChI=1S/C31H26/c1-3-21-18-29-24(22-16-14-20(2)15-17-22)10-6-12-27(29)31(21)28-13-7-11-26-25-9-5-4-8-23(25)19-30(26)28/h4-18,31H,3,19H2,1-2H3. The summed E-state index contributed by atoms with van der Waals surface area (Å²) >= 11 is 0. The van der Waals surface area contributed by atoms with Crippen LogP contribution in [-0.4, -0.2) is 0 Å². The van der Waals surface area contributed by atoms with E-state index in [4.69, 9.17) is 0 Å². The Bertz CT molecular complexity index is 1340. The van der Waals surface area contributed by atoms with E-state index in [1.807, 2.05) is 0 Å². The number of aryl methyl sites for hydroxylation is 1. The topological polar surface area (TPSA) is 0 Å². The van der Waals surface area contributed by atoms with E-state index in [9.17, 15) is 0 Å². The van der Waals surface area contributed by atoms with Crippen LogP contribution in [0.15, 0.2) is 90.5 Å². The van der Waals surface area contributed by atoms with Crippen LogP contribution in [0.25, 0.3) is 28.3 Å². The van der Waals surface area contributed by atoms with E-state index >= 15 is 0 Å². The van der Waals surface area contributed by atoms with Crippen molar-refractivity contribution in [2.45, 2.75) is 32.6 Å². The van der Waals surface area contributed by atoms with Crippen LogP contribution in [0.2, 0.25) is 0 Å². The van der Waals surface area contributed by atoms with Gasteiger partial charge in [0.2, 0.25) is 0 Å². The lowest BCUT2D eigenvalue weighted by molar-refractivity contribution is 0.895. The molecule has 0 fully saturated rings. The van der Waals surface area contributed by atoms with Crippen molar-refractivity contribution >= 4 is 6.08 Å². The molecule has 0 bridgehead atoms. The lowest BCUT2D eigenvalue weighted by Gasteiger charge is -2.21. The normalized spacial score (nSPS) is 15.9. The second kappa shape index (κ2) is 7.10. The molecule has 4 aromatic rings. The molecule has 0 heteroatoms. The van der Waals surface area contributed by atoms with Crippen molar-refractivity contribution in [1.29, 1.82) is 0 Å². The predicted octanol–water partition coefficient (Wildman–Crippen LogP) is 8.17. The molecule has 1 unspecified atom stereocenters. The molecule has 0 saturated heterocycles. The fourth-order valence-electron chi connectivity index (χ4n) is 5.58. The molecule has 1 atom stereocenters. The van der Waals surface area contributed by atoms with Gasteiger partial charge in [-0.05, 0) is 69.8 Å².